The molecule has 0 aliphatic heterocycles. The Hall–Kier alpha value is -2.27. The molecule has 4 nitrogen and oxygen atoms in total. The maximum Gasteiger partial charge on any atom is 0.245 e. The zero-order valence-electron chi connectivity index (χ0n) is 14.2. The van der Waals surface area contributed by atoms with Crippen molar-refractivity contribution in [2.45, 2.75) is 26.4 Å². The van der Waals surface area contributed by atoms with Crippen molar-refractivity contribution in [1.82, 2.24) is 4.90 Å². The molecule has 2 rings (SSSR count). The van der Waals surface area contributed by atoms with Crippen molar-refractivity contribution in [2.75, 3.05) is 18.5 Å². The van der Waals surface area contributed by atoms with Gasteiger partial charge in [0.1, 0.15) is 11.8 Å². The molecule has 0 fully saturated rings. The summed E-state index contributed by atoms with van der Waals surface area (Å²) in [7, 11) is 0. The van der Waals surface area contributed by atoms with Gasteiger partial charge in [-0.05, 0) is 49.6 Å². The van der Waals surface area contributed by atoms with E-state index >= 15 is 0 Å². The number of carbonyl (C=O) groups is 1. The van der Waals surface area contributed by atoms with Gasteiger partial charge in [-0.3, -0.25) is 4.79 Å². The number of hydrogen-bond donors (Lipinski definition) is 1. The predicted molar refractivity (Wildman–Crippen MR) is 101 cm³/mol. The highest BCUT2D eigenvalue weighted by Crippen LogP contribution is 2.18. The van der Waals surface area contributed by atoms with E-state index in [2.05, 4.69) is 11.9 Å². The summed E-state index contributed by atoms with van der Waals surface area (Å²) in [5, 5.41) is 5.27. The van der Waals surface area contributed by atoms with Crippen molar-refractivity contribution in [3.05, 3.63) is 59.3 Å². The van der Waals surface area contributed by atoms with Crippen LogP contribution in [0.3, 0.4) is 0 Å². The van der Waals surface area contributed by atoms with Crippen LogP contribution in [-0.4, -0.2) is 30.0 Å². The number of rotatable bonds is 9. The minimum Gasteiger partial charge on any atom is -0.494 e. The molecule has 1 amide bonds. The quantitative estimate of drug-likeness (QED) is 0.695. The standard InChI is InChI=1S/C19H24N2O2S/c1-4-12-21(14-18-7-6-13-24-18)19(22)15(3)20-16-8-10-17(11-9-16)23-5-2/h4,6-11,13,15,20H,1,5,12,14H2,2-3H3. The van der Waals surface area contributed by atoms with Crippen LogP contribution >= 0.6 is 11.3 Å². The molecule has 1 atom stereocenters. The highest BCUT2D eigenvalue weighted by Gasteiger charge is 2.20. The molecule has 0 saturated carbocycles. The number of anilines is 1. The van der Waals surface area contributed by atoms with Gasteiger partial charge in [0.2, 0.25) is 5.91 Å². The van der Waals surface area contributed by atoms with Crippen molar-refractivity contribution in [3.63, 3.8) is 0 Å². The van der Waals surface area contributed by atoms with E-state index in [-0.39, 0.29) is 11.9 Å². The Bertz CT molecular complexity index is 638. The Labute approximate surface area is 147 Å². The van der Waals surface area contributed by atoms with Gasteiger partial charge in [-0.25, -0.2) is 0 Å². The molecule has 2 aromatic rings. The molecule has 1 heterocycles. The molecule has 128 valence electrons. The Kier molecular flexibility index (Phi) is 6.88. The topological polar surface area (TPSA) is 41.6 Å². The second-order valence-corrected chi connectivity index (χ2v) is 6.44. The lowest BCUT2D eigenvalue weighted by Gasteiger charge is -2.25. The maximum atomic E-state index is 12.7. The van der Waals surface area contributed by atoms with Gasteiger partial charge in [0.25, 0.3) is 0 Å². The van der Waals surface area contributed by atoms with Crippen LogP contribution in [0.4, 0.5) is 5.69 Å². The van der Waals surface area contributed by atoms with E-state index in [1.54, 1.807) is 17.4 Å². The van der Waals surface area contributed by atoms with Gasteiger partial charge in [0.05, 0.1) is 13.2 Å². The minimum absolute atomic E-state index is 0.0529. The number of hydrogen-bond acceptors (Lipinski definition) is 4. The van der Waals surface area contributed by atoms with Crippen LogP contribution in [0.25, 0.3) is 0 Å². The molecule has 0 aliphatic rings. The Morgan fingerprint density at radius 2 is 2.12 bits per heavy atom. The number of amides is 1. The Morgan fingerprint density at radius 3 is 2.71 bits per heavy atom. The zero-order chi connectivity index (χ0) is 17.4. The van der Waals surface area contributed by atoms with E-state index in [1.807, 2.05) is 60.5 Å². The normalized spacial score (nSPS) is 11.6. The van der Waals surface area contributed by atoms with Crippen LogP contribution in [0.5, 0.6) is 5.75 Å². The molecular weight excluding hydrogens is 320 g/mol. The van der Waals surface area contributed by atoms with E-state index in [0.29, 0.717) is 19.7 Å². The summed E-state index contributed by atoms with van der Waals surface area (Å²) < 4.78 is 5.43. The molecule has 0 aliphatic carbocycles. The SMILES string of the molecule is C=CCN(Cc1cccs1)C(=O)C(C)Nc1ccc(OCC)cc1. The molecule has 0 spiro atoms. The molecule has 1 aromatic heterocycles. The van der Waals surface area contributed by atoms with Gasteiger partial charge in [-0.15, -0.1) is 17.9 Å². The fourth-order valence-electron chi connectivity index (χ4n) is 2.38. The first-order valence-corrected chi connectivity index (χ1v) is 8.93. The molecule has 0 radical (unpaired) electrons. The average molecular weight is 344 g/mol. The van der Waals surface area contributed by atoms with Gasteiger partial charge in [0.15, 0.2) is 0 Å². The second kappa shape index (κ2) is 9.13. The maximum absolute atomic E-state index is 12.7. The molecule has 1 unspecified atom stereocenters. The molecule has 0 saturated heterocycles. The van der Waals surface area contributed by atoms with Crippen LogP contribution in [0.1, 0.15) is 18.7 Å². The highest BCUT2D eigenvalue weighted by atomic mass is 32.1. The highest BCUT2D eigenvalue weighted by molar-refractivity contribution is 7.09. The molecule has 0 bridgehead atoms. The van der Waals surface area contributed by atoms with Crippen molar-refractivity contribution in [2.24, 2.45) is 0 Å². The van der Waals surface area contributed by atoms with E-state index in [0.717, 1.165) is 11.4 Å². The van der Waals surface area contributed by atoms with Crippen LogP contribution in [-0.2, 0) is 11.3 Å². The summed E-state index contributed by atoms with van der Waals surface area (Å²) in [6.07, 6.45) is 1.76. The summed E-state index contributed by atoms with van der Waals surface area (Å²) in [4.78, 5) is 15.7. The first-order valence-electron chi connectivity index (χ1n) is 8.05. The van der Waals surface area contributed by atoms with E-state index in [4.69, 9.17) is 4.74 Å². The number of nitrogens with one attached hydrogen (secondary N) is 1. The number of ether oxygens (including phenoxy) is 1. The zero-order valence-corrected chi connectivity index (χ0v) is 15.0. The van der Waals surface area contributed by atoms with Gasteiger partial charge >= 0.3 is 0 Å². The van der Waals surface area contributed by atoms with Crippen molar-refractivity contribution < 1.29 is 9.53 Å². The van der Waals surface area contributed by atoms with E-state index in [9.17, 15) is 4.79 Å². The smallest absolute Gasteiger partial charge is 0.245 e. The van der Waals surface area contributed by atoms with Crippen LogP contribution < -0.4 is 10.1 Å². The number of nitrogens with zero attached hydrogens (tertiary/aromatic N) is 1. The monoisotopic (exact) mass is 344 g/mol. The first kappa shape index (κ1) is 18.1. The first-order chi connectivity index (χ1) is 11.6. The lowest BCUT2D eigenvalue weighted by Crippen LogP contribution is -2.41. The molecule has 1 aromatic carbocycles. The van der Waals surface area contributed by atoms with Gasteiger partial charge < -0.3 is 15.0 Å². The number of thiophene rings is 1. The Morgan fingerprint density at radius 1 is 1.38 bits per heavy atom. The predicted octanol–water partition coefficient (Wildman–Crippen LogP) is 4.16. The lowest BCUT2D eigenvalue weighted by atomic mass is 10.2. The minimum atomic E-state index is -0.317. The van der Waals surface area contributed by atoms with Gasteiger partial charge in [0, 0.05) is 17.1 Å². The van der Waals surface area contributed by atoms with E-state index < -0.39 is 0 Å². The lowest BCUT2D eigenvalue weighted by molar-refractivity contribution is -0.131. The van der Waals surface area contributed by atoms with Gasteiger partial charge in [-0.1, -0.05) is 12.1 Å². The van der Waals surface area contributed by atoms with Crippen LogP contribution in [0, 0.1) is 0 Å². The molecular formula is C19H24N2O2S. The Balaban J connectivity index is 1.98. The largest absolute Gasteiger partial charge is 0.494 e. The third-order valence-electron chi connectivity index (χ3n) is 3.51. The fourth-order valence-corrected chi connectivity index (χ4v) is 3.10. The third kappa shape index (κ3) is 5.13. The summed E-state index contributed by atoms with van der Waals surface area (Å²) in [5.41, 5.74) is 0.897. The van der Waals surface area contributed by atoms with Gasteiger partial charge in [-0.2, -0.15) is 0 Å². The summed E-state index contributed by atoms with van der Waals surface area (Å²) in [6, 6.07) is 11.4. The summed E-state index contributed by atoms with van der Waals surface area (Å²) in [5.74, 6) is 0.880. The molecule has 24 heavy (non-hydrogen) atoms. The number of carbonyl (C=O) groups excluding carboxylic acids is 1. The summed E-state index contributed by atoms with van der Waals surface area (Å²) in [6.45, 7) is 9.37. The number of benzene rings is 1. The molecule has 1 N–H and O–H groups in total. The van der Waals surface area contributed by atoms with E-state index in [1.165, 1.54) is 4.88 Å². The third-order valence-corrected chi connectivity index (χ3v) is 4.37. The average Bonchev–Trinajstić information content (AvgIpc) is 3.09. The molecule has 5 heteroatoms. The summed E-state index contributed by atoms with van der Waals surface area (Å²) >= 11 is 1.65. The fraction of sp³-hybridized carbons (Fsp3) is 0.316. The second-order valence-electron chi connectivity index (χ2n) is 5.41. The van der Waals surface area contributed by atoms with Crippen molar-refractivity contribution in [3.8, 4) is 5.75 Å². The van der Waals surface area contributed by atoms with Crippen molar-refractivity contribution >= 4 is 22.9 Å². The van der Waals surface area contributed by atoms with Crippen LogP contribution in [0.15, 0.2) is 54.4 Å². The van der Waals surface area contributed by atoms with Crippen molar-refractivity contribution in [1.29, 1.82) is 0 Å². The van der Waals surface area contributed by atoms with Crippen LogP contribution in [0.2, 0.25) is 0 Å².